The molecule has 258 valence electrons. The molecule has 6 nitrogen and oxygen atoms in total. The molecule has 9 heteroatoms. The van der Waals surface area contributed by atoms with E-state index in [9.17, 15) is 28.2 Å². The molecule has 1 aliphatic carbocycles. The van der Waals surface area contributed by atoms with E-state index in [-0.39, 0.29) is 5.69 Å². The maximum Gasteiger partial charge on any atom is 0.433 e. The second-order valence-corrected chi connectivity index (χ2v) is 13.6. The van der Waals surface area contributed by atoms with Crippen LogP contribution >= 0.6 is 0 Å². The number of nitrogens with one attached hydrogen (secondary N) is 1. The predicted molar refractivity (Wildman–Crippen MR) is 188 cm³/mol. The number of allylic oxidation sites excluding steroid dienone is 1. The summed E-state index contributed by atoms with van der Waals surface area (Å²) in [5, 5.41) is 32.6. The van der Waals surface area contributed by atoms with E-state index in [1.807, 2.05) is 60.5 Å². The van der Waals surface area contributed by atoms with Crippen LogP contribution in [0.5, 0.6) is 0 Å². The minimum Gasteiger partial charge on any atom is -0.851 e. The van der Waals surface area contributed by atoms with E-state index in [2.05, 4.69) is 53.6 Å². The fraction of sp³-hybridized carbons (Fsp3) is 0.214. The number of halogens is 3. The Kier molecular flexibility index (Phi) is 8.00. The summed E-state index contributed by atoms with van der Waals surface area (Å²) >= 11 is 0. The number of aromatic nitrogens is 2. The molecule has 1 fully saturated rings. The number of benzene rings is 5. The van der Waals surface area contributed by atoms with Gasteiger partial charge in [-0.25, -0.2) is 4.68 Å². The van der Waals surface area contributed by atoms with E-state index >= 15 is 0 Å². The number of para-hydroxylation sites is 1. The Hall–Kier alpha value is -5.38. The predicted octanol–water partition coefficient (Wildman–Crippen LogP) is 6.27. The van der Waals surface area contributed by atoms with Gasteiger partial charge in [0.15, 0.2) is 0 Å². The van der Waals surface area contributed by atoms with Gasteiger partial charge >= 0.3 is 6.18 Å². The second-order valence-electron chi connectivity index (χ2n) is 13.6. The van der Waals surface area contributed by atoms with Crippen molar-refractivity contribution in [3.05, 3.63) is 177 Å². The number of alkyl halides is 3. The average molecular weight is 686 g/mol. The summed E-state index contributed by atoms with van der Waals surface area (Å²) in [5.41, 5.74) is 1.10. The monoisotopic (exact) mass is 685 g/mol. The van der Waals surface area contributed by atoms with Crippen LogP contribution in [0.15, 0.2) is 144 Å². The molecule has 2 heterocycles. The summed E-state index contributed by atoms with van der Waals surface area (Å²) < 4.78 is 44.0. The quantitative estimate of drug-likeness (QED) is 0.215. The largest absolute Gasteiger partial charge is 0.851 e. The lowest BCUT2D eigenvalue weighted by molar-refractivity contribution is -0.543. The van der Waals surface area contributed by atoms with Gasteiger partial charge in [-0.3, -0.25) is 9.89 Å². The van der Waals surface area contributed by atoms with Crippen LogP contribution in [-0.4, -0.2) is 29.0 Å². The van der Waals surface area contributed by atoms with E-state index in [0.717, 1.165) is 43.5 Å². The standard InChI is InChI=1S/C42H34F3N3O3/c1-47-32-22-21-28-17-11-12-20-30(28)36(32)41(24-26-13-5-2-6-14-26,25-27-15-7-3-8-16-27)33(47)23-31-37(49)34(38(31)50)35-39(42(43,44)45)46-48(40(35)51)29-18-9-4-10-19-29/h2-23,31,34,37-38,46H,24-25H2,1H3/q-2/b33-23-. The van der Waals surface area contributed by atoms with Crippen molar-refractivity contribution >= 4 is 16.5 Å². The highest BCUT2D eigenvalue weighted by Crippen LogP contribution is 2.55. The van der Waals surface area contributed by atoms with Crippen molar-refractivity contribution in [3.8, 4) is 5.69 Å². The van der Waals surface area contributed by atoms with E-state index in [1.165, 1.54) is 12.1 Å². The molecule has 2 unspecified atom stereocenters. The van der Waals surface area contributed by atoms with E-state index in [1.54, 1.807) is 24.3 Å². The third kappa shape index (κ3) is 5.39. The van der Waals surface area contributed by atoms with Gasteiger partial charge in [-0.2, -0.15) is 13.2 Å². The van der Waals surface area contributed by atoms with Gasteiger partial charge in [0, 0.05) is 23.8 Å². The Balaban J connectivity index is 1.28. The maximum absolute atomic E-state index is 14.4. The molecule has 6 aromatic rings. The highest BCUT2D eigenvalue weighted by Gasteiger charge is 2.50. The first-order valence-electron chi connectivity index (χ1n) is 16.9. The van der Waals surface area contributed by atoms with Crippen molar-refractivity contribution < 1.29 is 23.4 Å². The molecule has 2 aliphatic rings. The lowest BCUT2D eigenvalue weighted by Gasteiger charge is -2.60. The number of anilines is 1. The van der Waals surface area contributed by atoms with Crippen molar-refractivity contribution in [3.63, 3.8) is 0 Å². The van der Waals surface area contributed by atoms with Gasteiger partial charge in [0.1, 0.15) is 5.69 Å². The number of rotatable bonds is 7. The Labute approximate surface area is 292 Å². The average Bonchev–Trinajstić information content (AvgIpc) is 3.59. The van der Waals surface area contributed by atoms with Crippen molar-refractivity contribution in [2.24, 2.45) is 5.92 Å². The molecule has 2 atom stereocenters. The van der Waals surface area contributed by atoms with E-state index < -0.39 is 52.5 Å². The molecule has 0 amide bonds. The second kappa shape index (κ2) is 12.4. The van der Waals surface area contributed by atoms with Crippen LogP contribution in [0, 0.1) is 5.92 Å². The number of nitrogens with zero attached hydrogens (tertiary/aromatic N) is 2. The third-order valence-corrected chi connectivity index (χ3v) is 10.7. The van der Waals surface area contributed by atoms with E-state index in [0.29, 0.717) is 12.8 Å². The number of fused-ring (bicyclic) bond motifs is 3. The van der Waals surface area contributed by atoms with Crippen molar-refractivity contribution in [1.82, 2.24) is 9.78 Å². The molecule has 0 spiro atoms. The summed E-state index contributed by atoms with van der Waals surface area (Å²) in [6.45, 7) is 0. The van der Waals surface area contributed by atoms with Gasteiger partial charge in [0.05, 0.1) is 11.3 Å². The maximum atomic E-state index is 14.4. The Bertz CT molecular complexity index is 2250. The van der Waals surface area contributed by atoms with Crippen LogP contribution in [0.4, 0.5) is 18.9 Å². The van der Waals surface area contributed by atoms with Crippen LogP contribution in [0.2, 0.25) is 0 Å². The lowest BCUT2D eigenvalue weighted by atomic mass is 9.63. The normalized spacial score (nSPS) is 21.9. The number of likely N-dealkylation sites (N-methyl/N-ethyl adjacent to an activating group) is 1. The van der Waals surface area contributed by atoms with Gasteiger partial charge < -0.3 is 15.1 Å². The number of H-pyrrole nitrogens is 1. The van der Waals surface area contributed by atoms with Crippen molar-refractivity contribution in [1.29, 1.82) is 0 Å². The Morgan fingerprint density at radius 2 is 1.31 bits per heavy atom. The van der Waals surface area contributed by atoms with Crippen LogP contribution < -0.4 is 20.7 Å². The summed E-state index contributed by atoms with van der Waals surface area (Å²) in [5.74, 6) is -2.84. The first-order valence-corrected chi connectivity index (χ1v) is 16.9. The van der Waals surface area contributed by atoms with Gasteiger partial charge in [0.2, 0.25) is 0 Å². The van der Waals surface area contributed by atoms with Crippen LogP contribution in [0.1, 0.15) is 33.9 Å². The highest BCUT2D eigenvalue weighted by atomic mass is 19.4. The fourth-order valence-corrected chi connectivity index (χ4v) is 8.34. The highest BCUT2D eigenvalue weighted by molar-refractivity contribution is 5.95. The van der Waals surface area contributed by atoms with E-state index in [4.69, 9.17) is 0 Å². The topological polar surface area (TPSA) is 87.2 Å². The third-order valence-electron chi connectivity index (χ3n) is 10.7. The summed E-state index contributed by atoms with van der Waals surface area (Å²) in [6, 6.07) is 40.1. The first-order chi connectivity index (χ1) is 24.6. The zero-order valence-electron chi connectivity index (χ0n) is 27.7. The first kappa shape index (κ1) is 32.8. The van der Waals surface area contributed by atoms with Gasteiger partial charge in [-0.05, 0) is 70.3 Å². The number of aromatic amines is 1. The molecular weight excluding hydrogens is 651 g/mol. The van der Waals surface area contributed by atoms with Gasteiger partial charge in [-0.15, -0.1) is 12.2 Å². The fourth-order valence-electron chi connectivity index (χ4n) is 8.34. The molecule has 0 bridgehead atoms. The van der Waals surface area contributed by atoms with Crippen LogP contribution in [-0.2, 0) is 24.4 Å². The summed E-state index contributed by atoms with van der Waals surface area (Å²) in [7, 11) is 1.92. The van der Waals surface area contributed by atoms with Crippen LogP contribution in [0.25, 0.3) is 16.5 Å². The van der Waals surface area contributed by atoms with Crippen molar-refractivity contribution in [2.75, 3.05) is 11.9 Å². The molecule has 1 aromatic heterocycles. The molecule has 8 rings (SSSR count). The molecular formula is C42H34F3N3O3-2. The zero-order chi connectivity index (χ0) is 35.5. The van der Waals surface area contributed by atoms with Gasteiger partial charge in [-0.1, -0.05) is 115 Å². The number of hydrogen-bond acceptors (Lipinski definition) is 4. The number of hydrogen-bond donors (Lipinski definition) is 1. The summed E-state index contributed by atoms with van der Waals surface area (Å²) in [6.07, 6.45) is -5.72. The lowest BCUT2D eigenvalue weighted by Crippen LogP contribution is -2.66. The Morgan fingerprint density at radius 3 is 1.90 bits per heavy atom. The van der Waals surface area contributed by atoms with Crippen molar-refractivity contribution in [2.45, 2.75) is 42.6 Å². The summed E-state index contributed by atoms with van der Waals surface area (Å²) in [4.78, 5) is 15.6. The zero-order valence-corrected chi connectivity index (χ0v) is 27.7. The minimum atomic E-state index is -4.98. The molecule has 1 aliphatic heterocycles. The molecule has 0 saturated heterocycles. The molecule has 1 N–H and O–H groups in total. The SMILES string of the molecule is CN1/C(=C\C2C([O-])C(c3c(C(F)(F)F)[nH]n(-c4ccccc4)c3=O)C2[O-])C(Cc2ccccc2)(Cc2ccccc2)c2c1ccc1ccccc21. The molecule has 5 aromatic carbocycles. The molecule has 51 heavy (non-hydrogen) atoms. The smallest absolute Gasteiger partial charge is 0.433 e. The van der Waals surface area contributed by atoms with Gasteiger partial charge in [0.25, 0.3) is 5.56 Å². The Morgan fingerprint density at radius 1 is 0.765 bits per heavy atom. The minimum absolute atomic E-state index is 0.173. The van der Waals surface area contributed by atoms with Crippen LogP contribution in [0.3, 0.4) is 0 Å². The molecule has 0 radical (unpaired) electrons. The molecule has 1 saturated carbocycles.